The van der Waals surface area contributed by atoms with E-state index in [1.807, 2.05) is 6.92 Å². The van der Waals surface area contributed by atoms with Gasteiger partial charge in [0.15, 0.2) is 0 Å². The Morgan fingerprint density at radius 3 is 2.92 bits per heavy atom. The van der Waals surface area contributed by atoms with Crippen molar-refractivity contribution in [1.29, 1.82) is 0 Å². The van der Waals surface area contributed by atoms with Gasteiger partial charge in [0, 0.05) is 19.2 Å². The van der Waals surface area contributed by atoms with Crippen molar-refractivity contribution in [2.75, 3.05) is 19.8 Å². The molecule has 1 rings (SSSR count). The van der Waals surface area contributed by atoms with Crippen molar-refractivity contribution >= 4 is 0 Å². The van der Waals surface area contributed by atoms with Crippen LogP contribution in [0.3, 0.4) is 0 Å². The van der Waals surface area contributed by atoms with Gasteiger partial charge in [0.05, 0.1) is 12.7 Å². The van der Waals surface area contributed by atoms with Gasteiger partial charge >= 0.3 is 0 Å². The minimum Gasteiger partial charge on any atom is -0.395 e. The number of aliphatic hydroxyl groups excluding tert-OH is 1. The summed E-state index contributed by atoms with van der Waals surface area (Å²) in [6, 6.07) is 0.206. The predicted octanol–water partition coefficient (Wildman–Crippen LogP) is 0.382. The SMILES string of the molecule is CC(CO)NCC1CCOC1C. The van der Waals surface area contributed by atoms with Crippen molar-refractivity contribution in [2.24, 2.45) is 5.92 Å². The van der Waals surface area contributed by atoms with Gasteiger partial charge in [-0.2, -0.15) is 0 Å². The third kappa shape index (κ3) is 2.73. The average molecular weight is 173 g/mol. The van der Waals surface area contributed by atoms with Gasteiger partial charge in [0.1, 0.15) is 0 Å². The fourth-order valence-electron chi connectivity index (χ4n) is 1.46. The van der Waals surface area contributed by atoms with Crippen LogP contribution in [0.4, 0.5) is 0 Å². The highest BCUT2D eigenvalue weighted by Gasteiger charge is 2.23. The van der Waals surface area contributed by atoms with Crippen molar-refractivity contribution in [3.8, 4) is 0 Å². The summed E-state index contributed by atoms with van der Waals surface area (Å²) in [7, 11) is 0. The summed E-state index contributed by atoms with van der Waals surface area (Å²) in [6.45, 7) is 6.16. The summed E-state index contributed by atoms with van der Waals surface area (Å²) in [5.74, 6) is 0.624. The number of aliphatic hydroxyl groups is 1. The number of hydrogen-bond donors (Lipinski definition) is 2. The van der Waals surface area contributed by atoms with Crippen LogP contribution in [0.2, 0.25) is 0 Å². The number of nitrogens with one attached hydrogen (secondary N) is 1. The Bertz CT molecular complexity index is 130. The van der Waals surface area contributed by atoms with Crippen LogP contribution in [-0.4, -0.2) is 37.0 Å². The Kier molecular flexibility index (Phi) is 3.98. The summed E-state index contributed by atoms with van der Waals surface area (Å²) in [5.41, 5.74) is 0. The smallest absolute Gasteiger partial charge is 0.0588 e. The molecule has 1 saturated heterocycles. The second-order valence-corrected chi connectivity index (χ2v) is 3.62. The van der Waals surface area contributed by atoms with Crippen LogP contribution in [-0.2, 0) is 4.74 Å². The van der Waals surface area contributed by atoms with Gasteiger partial charge in [-0.25, -0.2) is 0 Å². The van der Waals surface area contributed by atoms with Crippen LogP contribution in [0, 0.1) is 5.92 Å². The van der Waals surface area contributed by atoms with E-state index in [4.69, 9.17) is 9.84 Å². The normalized spacial score (nSPS) is 32.2. The van der Waals surface area contributed by atoms with Gasteiger partial charge in [-0.3, -0.25) is 0 Å². The molecule has 0 saturated carbocycles. The van der Waals surface area contributed by atoms with Gasteiger partial charge < -0.3 is 15.2 Å². The third-order valence-electron chi connectivity index (χ3n) is 2.54. The van der Waals surface area contributed by atoms with Gasteiger partial charge in [0.2, 0.25) is 0 Å². The monoisotopic (exact) mass is 173 g/mol. The Morgan fingerprint density at radius 2 is 2.42 bits per heavy atom. The van der Waals surface area contributed by atoms with Crippen LogP contribution in [0.5, 0.6) is 0 Å². The molecular weight excluding hydrogens is 154 g/mol. The molecule has 12 heavy (non-hydrogen) atoms. The molecule has 2 N–H and O–H groups in total. The lowest BCUT2D eigenvalue weighted by molar-refractivity contribution is 0.104. The highest BCUT2D eigenvalue weighted by Crippen LogP contribution is 2.19. The first-order chi connectivity index (χ1) is 5.74. The van der Waals surface area contributed by atoms with Crippen LogP contribution in [0.25, 0.3) is 0 Å². The summed E-state index contributed by atoms with van der Waals surface area (Å²) < 4.78 is 5.43. The van der Waals surface area contributed by atoms with Gasteiger partial charge in [-0.15, -0.1) is 0 Å². The van der Waals surface area contributed by atoms with E-state index in [9.17, 15) is 0 Å². The molecule has 72 valence electrons. The van der Waals surface area contributed by atoms with Gasteiger partial charge in [0.25, 0.3) is 0 Å². The Labute approximate surface area is 74.1 Å². The summed E-state index contributed by atoms with van der Waals surface area (Å²) >= 11 is 0. The molecule has 0 aromatic carbocycles. The first-order valence-corrected chi connectivity index (χ1v) is 4.70. The summed E-state index contributed by atoms with van der Waals surface area (Å²) in [6.07, 6.45) is 1.52. The van der Waals surface area contributed by atoms with E-state index in [2.05, 4.69) is 12.2 Å². The summed E-state index contributed by atoms with van der Waals surface area (Å²) in [5, 5.41) is 12.1. The Balaban J connectivity index is 2.13. The molecule has 1 aliphatic rings. The van der Waals surface area contributed by atoms with Crippen molar-refractivity contribution in [1.82, 2.24) is 5.32 Å². The maximum absolute atomic E-state index is 8.78. The first kappa shape index (κ1) is 9.96. The van der Waals surface area contributed by atoms with Crippen molar-refractivity contribution < 1.29 is 9.84 Å². The molecule has 1 heterocycles. The van der Waals surface area contributed by atoms with Crippen molar-refractivity contribution in [3.05, 3.63) is 0 Å². The largest absolute Gasteiger partial charge is 0.395 e. The highest BCUT2D eigenvalue weighted by molar-refractivity contribution is 4.75. The molecule has 0 spiro atoms. The van der Waals surface area contributed by atoms with E-state index in [0.717, 1.165) is 19.6 Å². The lowest BCUT2D eigenvalue weighted by Crippen LogP contribution is -2.35. The molecule has 0 aromatic rings. The molecule has 0 radical (unpaired) electrons. The van der Waals surface area contributed by atoms with Crippen LogP contribution < -0.4 is 5.32 Å². The van der Waals surface area contributed by atoms with E-state index in [0.29, 0.717) is 12.0 Å². The molecule has 0 aliphatic carbocycles. The zero-order valence-corrected chi connectivity index (χ0v) is 7.92. The molecule has 3 heteroatoms. The van der Waals surface area contributed by atoms with E-state index < -0.39 is 0 Å². The Morgan fingerprint density at radius 1 is 1.67 bits per heavy atom. The predicted molar refractivity (Wildman–Crippen MR) is 48.1 cm³/mol. The topological polar surface area (TPSA) is 41.5 Å². The standard InChI is InChI=1S/C9H19NO2/c1-7(6-11)10-5-9-3-4-12-8(9)2/h7-11H,3-6H2,1-2H3. The van der Waals surface area contributed by atoms with Gasteiger partial charge in [-0.1, -0.05) is 0 Å². The van der Waals surface area contributed by atoms with Gasteiger partial charge in [-0.05, 0) is 26.2 Å². The molecule has 1 fully saturated rings. The maximum atomic E-state index is 8.78. The van der Waals surface area contributed by atoms with E-state index in [1.54, 1.807) is 0 Å². The molecular formula is C9H19NO2. The van der Waals surface area contributed by atoms with E-state index >= 15 is 0 Å². The van der Waals surface area contributed by atoms with Crippen LogP contribution in [0.15, 0.2) is 0 Å². The highest BCUT2D eigenvalue weighted by atomic mass is 16.5. The molecule has 3 unspecified atom stereocenters. The minimum absolute atomic E-state index is 0.206. The second-order valence-electron chi connectivity index (χ2n) is 3.62. The molecule has 3 nitrogen and oxygen atoms in total. The van der Waals surface area contributed by atoms with Crippen LogP contribution in [0.1, 0.15) is 20.3 Å². The number of rotatable bonds is 4. The first-order valence-electron chi connectivity index (χ1n) is 4.70. The average Bonchev–Trinajstić information content (AvgIpc) is 2.47. The van der Waals surface area contributed by atoms with Crippen molar-refractivity contribution in [2.45, 2.75) is 32.4 Å². The zero-order valence-electron chi connectivity index (χ0n) is 7.92. The lowest BCUT2D eigenvalue weighted by atomic mass is 10.0. The lowest BCUT2D eigenvalue weighted by Gasteiger charge is -2.17. The minimum atomic E-state index is 0.206. The molecule has 0 bridgehead atoms. The summed E-state index contributed by atoms with van der Waals surface area (Å²) in [4.78, 5) is 0. The molecule has 1 aliphatic heterocycles. The fourth-order valence-corrected chi connectivity index (χ4v) is 1.46. The number of ether oxygens (including phenoxy) is 1. The molecule has 3 atom stereocenters. The fraction of sp³-hybridized carbons (Fsp3) is 1.00. The molecule has 0 amide bonds. The van der Waals surface area contributed by atoms with E-state index in [-0.39, 0.29) is 12.6 Å². The zero-order chi connectivity index (χ0) is 8.97. The second kappa shape index (κ2) is 4.80. The third-order valence-corrected chi connectivity index (χ3v) is 2.54. The van der Waals surface area contributed by atoms with Crippen LogP contribution >= 0.6 is 0 Å². The Hall–Kier alpha value is -0.120. The quantitative estimate of drug-likeness (QED) is 0.646. The van der Waals surface area contributed by atoms with Crippen molar-refractivity contribution in [3.63, 3.8) is 0 Å². The number of hydrogen-bond acceptors (Lipinski definition) is 3. The molecule has 0 aromatic heterocycles. The van der Waals surface area contributed by atoms with E-state index in [1.165, 1.54) is 0 Å². The maximum Gasteiger partial charge on any atom is 0.0588 e.